The molecular weight excluding hydrogens is 390 g/mol. The van der Waals surface area contributed by atoms with Gasteiger partial charge in [0.05, 0.1) is 6.54 Å². The summed E-state index contributed by atoms with van der Waals surface area (Å²) >= 11 is 0. The average Bonchev–Trinajstić information content (AvgIpc) is 2.78. The molecule has 0 aliphatic rings. The summed E-state index contributed by atoms with van der Waals surface area (Å²) in [5.74, 6) is -0.0881. The van der Waals surface area contributed by atoms with Crippen LogP contribution in [0, 0.1) is 6.92 Å². The van der Waals surface area contributed by atoms with Crippen molar-refractivity contribution in [3.8, 4) is 0 Å². The third kappa shape index (κ3) is 3.90. The summed E-state index contributed by atoms with van der Waals surface area (Å²) in [6.45, 7) is 6.31. The van der Waals surface area contributed by atoms with Crippen molar-refractivity contribution in [2.24, 2.45) is 0 Å². The zero-order chi connectivity index (χ0) is 22.0. The molecule has 4 aromatic rings. The predicted molar refractivity (Wildman–Crippen MR) is 121 cm³/mol. The van der Waals surface area contributed by atoms with Crippen molar-refractivity contribution in [3.63, 3.8) is 0 Å². The third-order valence-corrected chi connectivity index (χ3v) is 5.21. The second-order valence-electron chi connectivity index (χ2n) is 7.42. The Morgan fingerprint density at radius 2 is 2.03 bits per heavy atom. The van der Waals surface area contributed by atoms with E-state index in [4.69, 9.17) is 10.7 Å². The first kappa shape index (κ1) is 20.3. The molecule has 3 heterocycles. The van der Waals surface area contributed by atoms with E-state index in [2.05, 4.69) is 11.9 Å². The smallest absolute Gasteiger partial charge is 0.278 e. The Morgan fingerprint density at radius 1 is 1.26 bits per heavy atom. The lowest BCUT2D eigenvalue weighted by atomic mass is 10.1. The van der Waals surface area contributed by atoms with Crippen LogP contribution in [0.5, 0.6) is 0 Å². The Labute approximate surface area is 179 Å². The topological polar surface area (TPSA) is 93.4 Å². The first-order chi connectivity index (χ1) is 15.0. The quantitative estimate of drug-likeness (QED) is 0.287. The van der Waals surface area contributed by atoms with E-state index in [1.807, 2.05) is 43.3 Å². The molecule has 7 heteroatoms. The monoisotopic (exact) mass is 414 g/mol. The molecule has 4 rings (SSSR count). The van der Waals surface area contributed by atoms with Crippen LogP contribution in [0.2, 0.25) is 0 Å². The van der Waals surface area contributed by atoms with E-state index >= 15 is 0 Å². The minimum atomic E-state index is -0.360. The molecule has 0 aliphatic carbocycles. The number of aryl methyl sites for hydroxylation is 3. The fourth-order valence-electron chi connectivity index (χ4n) is 3.61. The van der Waals surface area contributed by atoms with Crippen LogP contribution in [0.4, 0.5) is 5.82 Å². The molecule has 31 heavy (non-hydrogen) atoms. The van der Waals surface area contributed by atoms with Gasteiger partial charge in [0.2, 0.25) is 11.5 Å². The molecule has 156 valence electrons. The first-order valence-electron chi connectivity index (χ1n) is 10.1. The molecule has 0 saturated carbocycles. The van der Waals surface area contributed by atoms with E-state index in [-0.39, 0.29) is 22.8 Å². The lowest BCUT2D eigenvalue weighted by Crippen LogP contribution is -2.43. The number of aromatic nitrogens is 3. The molecule has 0 radical (unpaired) electrons. The fraction of sp³-hybridized carbons (Fsp3) is 0.167. The third-order valence-electron chi connectivity index (χ3n) is 5.21. The molecule has 0 saturated heterocycles. The van der Waals surface area contributed by atoms with Gasteiger partial charge in [-0.05, 0) is 30.2 Å². The highest BCUT2D eigenvalue weighted by atomic mass is 16.1. The Morgan fingerprint density at radius 3 is 2.77 bits per heavy atom. The van der Waals surface area contributed by atoms with Crippen LogP contribution in [0.15, 0.2) is 72.2 Å². The van der Waals surface area contributed by atoms with Crippen molar-refractivity contribution >= 4 is 28.4 Å². The molecule has 3 N–H and O–H groups in total. The van der Waals surface area contributed by atoms with E-state index in [1.54, 1.807) is 22.9 Å². The Hall–Kier alpha value is -4.00. The van der Waals surface area contributed by atoms with Crippen LogP contribution in [0.1, 0.15) is 21.5 Å². The summed E-state index contributed by atoms with van der Waals surface area (Å²) in [6, 6.07) is 15.2. The maximum atomic E-state index is 13.3. The van der Waals surface area contributed by atoms with Crippen LogP contribution in [0.25, 0.3) is 16.7 Å². The number of rotatable bonds is 6. The summed E-state index contributed by atoms with van der Waals surface area (Å²) in [5, 5.41) is 3.08. The Bertz CT molecular complexity index is 1360. The van der Waals surface area contributed by atoms with Gasteiger partial charge in [-0.15, -0.1) is 6.58 Å². The zero-order valence-corrected chi connectivity index (χ0v) is 17.3. The van der Waals surface area contributed by atoms with Crippen LogP contribution in [-0.2, 0) is 13.0 Å². The number of nitrogens with two attached hydrogens (primary N) is 1. The number of hydrogen-bond donors (Lipinski definition) is 2. The molecule has 0 spiro atoms. The molecule has 7 nitrogen and oxygen atoms in total. The second kappa shape index (κ2) is 8.39. The number of amides is 1. The van der Waals surface area contributed by atoms with Gasteiger partial charge in [0.15, 0.2) is 0 Å². The molecule has 1 aromatic carbocycles. The van der Waals surface area contributed by atoms with Crippen molar-refractivity contribution in [2.75, 3.05) is 12.3 Å². The maximum absolute atomic E-state index is 13.3. The number of benzene rings is 1. The lowest BCUT2D eigenvalue weighted by Gasteiger charge is -2.12. The molecule has 0 aliphatic heterocycles. The van der Waals surface area contributed by atoms with Crippen LogP contribution in [-0.4, -0.2) is 21.8 Å². The Kier molecular flexibility index (Phi) is 5.49. The van der Waals surface area contributed by atoms with E-state index in [0.717, 1.165) is 11.1 Å². The minimum Gasteiger partial charge on any atom is -0.348 e. The molecule has 0 fully saturated rings. The number of fused-ring (bicyclic) bond motifs is 2. The fourth-order valence-corrected chi connectivity index (χ4v) is 3.61. The van der Waals surface area contributed by atoms with Crippen molar-refractivity contribution in [1.29, 1.82) is 0 Å². The molecule has 1 amide bonds. The van der Waals surface area contributed by atoms with Crippen molar-refractivity contribution in [3.05, 3.63) is 94.4 Å². The molecule has 3 aromatic heterocycles. The predicted octanol–water partition coefficient (Wildman–Crippen LogP) is 2.18. The van der Waals surface area contributed by atoms with E-state index in [1.165, 1.54) is 10.5 Å². The summed E-state index contributed by atoms with van der Waals surface area (Å²) in [5.41, 5.74) is 9.48. The molecular formula is C24H24N5O2+. The summed E-state index contributed by atoms with van der Waals surface area (Å²) in [4.78, 5) is 30.7. The van der Waals surface area contributed by atoms with E-state index in [0.29, 0.717) is 36.2 Å². The van der Waals surface area contributed by atoms with Gasteiger partial charge in [-0.3, -0.25) is 14.0 Å². The second-order valence-corrected chi connectivity index (χ2v) is 7.42. The SMILES string of the molecule is C=CCNC(=O)c1cc2c(=O)n3cc(C)ccc3nc2[n+](CCc2ccccc2)c1N. The highest BCUT2D eigenvalue weighted by Crippen LogP contribution is 2.15. The summed E-state index contributed by atoms with van der Waals surface area (Å²) in [6.07, 6.45) is 4.01. The van der Waals surface area contributed by atoms with Gasteiger partial charge in [-0.25, -0.2) is 4.57 Å². The average molecular weight is 414 g/mol. The summed E-state index contributed by atoms with van der Waals surface area (Å²) in [7, 11) is 0. The van der Waals surface area contributed by atoms with Crippen LogP contribution >= 0.6 is 0 Å². The van der Waals surface area contributed by atoms with Gasteiger partial charge in [-0.2, -0.15) is 0 Å². The number of hydrogen-bond acceptors (Lipinski definition) is 4. The van der Waals surface area contributed by atoms with Gasteiger partial charge >= 0.3 is 0 Å². The van der Waals surface area contributed by atoms with Crippen molar-refractivity contribution in [1.82, 2.24) is 14.7 Å². The highest BCUT2D eigenvalue weighted by molar-refractivity contribution is 6.00. The Balaban J connectivity index is 1.94. The highest BCUT2D eigenvalue weighted by Gasteiger charge is 2.24. The van der Waals surface area contributed by atoms with E-state index < -0.39 is 0 Å². The van der Waals surface area contributed by atoms with Crippen molar-refractivity contribution in [2.45, 2.75) is 19.9 Å². The molecule has 0 atom stereocenters. The minimum absolute atomic E-state index is 0.241. The lowest BCUT2D eigenvalue weighted by molar-refractivity contribution is -0.658. The van der Waals surface area contributed by atoms with Gasteiger partial charge in [0.25, 0.3) is 17.1 Å². The largest absolute Gasteiger partial charge is 0.348 e. The number of pyridine rings is 2. The molecule has 0 unspecified atom stereocenters. The standard InChI is InChI=1S/C24H23N5O2/c1-3-12-26-23(30)18-14-19-22(27-20-10-9-16(2)15-29(20)24(19)31)28(21(18)25)13-11-17-7-5-4-6-8-17/h3-10,14-15,25H,1,11-13H2,2H3,(H,26,30)/p+1. The number of carbonyl (C=O) groups excluding carboxylic acids is 1. The zero-order valence-electron chi connectivity index (χ0n) is 17.3. The van der Waals surface area contributed by atoms with Crippen LogP contribution < -0.4 is 21.2 Å². The summed E-state index contributed by atoms with van der Waals surface area (Å²) < 4.78 is 3.26. The van der Waals surface area contributed by atoms with Gasteiger partial charge < -0.3 is 11.1 Å². The van der Waals surface area contributed by atoms with Gasteiger partial charge in [-0.1, -0.05) is 47.5 Å². The number of nitrogens with one attached hydrogen (secondary N) is 1. The van der Waals surface area contributed by atoms with Gasteiger partial charge in [0.1, 0.15) is 10.9 Å². The normalized spacial score (nSPS) is 11.0. The van der Waals surface area contributed by atoms with Crippen LogP contribution in [0.3, 0.4) is 0 Å². The maximum Gasteiger partial charge on any atom is 0.278 e. The van der Waals surface area contributed by atoms with E-state index in [9.17, 15) is 9.59 Å². The first-order valence-corrected chi connectivity index (χ1v) is 10.1. The number of carbonyl (C=O) groups is 1. The van der Waals surface area contributed by atoms with Crippen molar-refractivity contribution < 1.29 is 9.36 Å². The van der Waals surface area contributed by atoms with Gasteiger partial charge in [0, 0.05) is 19.2 Å². The number of nitrogen functional groups attached to an aromatic ring is 1. The number of nitrogens with zero attached hydrogens (tertiary/aromatic N) is 3. The molecule has 0 bridgehead atoms. The number of anilines is 1.